The van der Waals surface area contributed by atoms with Crippen LogP contribution in [0.5, 0.6) is 0 Å². The summed E-state index contributed by atoms with van der Waals surface area (Å²) >= 11 is 1.39. The summed E-state index contributed by atoms with van der Waals surface area (Å²) in [6, 6.07) is 10.4. The van der Waals surface area contributed by atoms with E-state index in [1.54, 1.807) is 35.3 Å². The van der Waals surface area contributed by atoms with Crippen LogP contribution >= 0.6 is 11.8 Å². The molecule has 3 heterocycles. The molecule has 0 saturated heterocycles. The van der Waals surface area contributed by atoms with Gasteiger partial charge in [0.1, 0.15) is 5.37 Å². The highest BCUT2D eigenvalue weighted by molar-refractivity contribution is 7.99. The summed E-state index contributed by atoms with van der Waals surface area (Å²) in [7, 11) is 0. The van der Waals surface area contributed by atoms with Gasteiger partial charge in [0.15, 0.2) is 5.82 Å². The zero-order valence-electron chi connectivity index (χ0n) is 11.7. The summed E-state index contributed by atoms with van der Waals surface area (Å²) in [6.07, 6.45) is 3.36. The monoisotopic (exact) mass is 326 g/mol. The van der Waals surface area contributed by atoms with Crippen molar-refractivity contribution in [1.82, 2.24) is 19.9 Å². The molecule has 0 bridgehead atoms. The molecule has 1 aliphatic rings. The van der Waals surface area contributed by atoms with Gasteiger partial charge in [0.05, 0.1) is 10.5 Å². The third-order valence-corrected chi connectivity index (χ3v) is 4.53. The molecule has 0 amide bonds. The van der Waals surface area contributed by atoms with E-state index in [0.717, 1.165) is 5.56 Å². The van der Waals surface area contributed by atoms with Gasteiger partial charge < -0.3 is 5.43 Å². The molecule has 114 valence electrons. The van der Waals surface area contributed by atoms with E-state index in [1.165, 1.54) is 17.8 Å². The molecule has 4 rings (SSSR count). The molecule has 8 nitrogen and oxygen atoms in total. The van der Waals surface area contributed by atoms with Crippen molar-refractivity contribution in [3.63, 3.8) is 0 Å². The number of benzene rings is 1. The molecule has 23 heavy (non-hydrogen) atoms. The van der Waals surface area contributed by atoms with Gasteiger partial charge in [-0.3, -0.25) is 15.1 Å². The first-order valence-corrected chi connectivity index (χ1v) is 7.64. The SMILES string of the molecule is O=[N+]([O-])c1ccccc1C1Nn2c(nnc2-c2ccncc2)S1. The van der Waals surface area contributed by atoms with Crippen molar-refractivity contribution in [2.45, 2.75) is 10.5 Å². The molecule has 9 heteroatoms. The van der Waals surface area contributed by atoms with Crippen LogP contribution < -0.4 is 5.43 Å². The second-order valence-corrected chi connectivity index (χ2v) is 5.89. The minimum absolute atomic E-state index is 0.0849. The third-order valence-electron chi connectivity index (χ3n) is 3.46. The van der Waals surface area contributed by atoms with Crippen molar-refractivity contribution >= 4 is 17.4 Å². The Labute approximate surface area is 134 Å². The topological polar surface area (TPSA) is 98.8 Å². The summed E-state index contributed by atoms with van der Waals surface area (Å²) < 4.78 is 1.75. The van der Waals surface area contributed by atoms with Crippen LogP contribution in [0.25, 0.3) is 11.4 Å². The summed E-state index contributed by atoms with van der Waals surface area (Å²) in [6.45, 7) is 0. The van der Waals surface area contributed by atoms with Gasteiger partial charge in [0.25, 0.3) is 5.69 Å². The molecule has 3 aromatic rings. The van der Waals surface area contributed by atoms with E-state index < -0.39 is 0 Å². The summed E-state index contributed by atoms with van der Waals surface area (Å²) in [5, 5.41) is 19.9. The Morgan fingerprint density at radius 2 is 1.96 bits per heavy atom. The lowest BCUT2D eigenvalue weighted by Gasteiger charge is -2.12. The van der Waals surface area contributed by atoms with Gasteiger partial charge in [0.2, 0.25) is 5.16 Å². The van der Waals surface area contributed by atoms with Crippen LogP contribution in [-0.2, 0) is 0 Å². The number of nitro benzene ring substituents is 1. The van der Waals surface area contributed by atoms with E-state index in [2.05, 4.69) is 20.6 Å². The van der Waals surface area contributed by atoms with Crippen LogP contribution in [-0.4, -0.2) is 24.8 Å². The Hall–Kier alpha value is -2.94. The largest absolute Gasteiger partial charge is 0.304 e. The molecule has 1 aliphatic heterocycles. The molecule has 1 atom stereocenters. The number of aromatic nitrogens is 4. The van der Waals surface area contributed by atoms with Crippen LogP contribution in [0.1, 0.15) is 10.9 Å². The minimum Gasteiger partial charge on any atom is -0.304 e. The second kappa shape index (κ2) is 5.36. The molecule has 1 aromatic carbocycles. The summed E-state index contributed by atoms with van der Waals surface area (Å²) in [5.74, 6) is 0.649. The van der Waals surface area contributed by atoms with Crippen molar-refractivity contribution < 1.29 is 4.92 Å². The average Bonchev–Trinajstić information content (AvgIpc) is 3.16. The number of nitrogens with zero attached hydrogens (tertiary/aromatic N) is 5. The van der Waals surface area contributed by atoms with E-state index in [1.807, 2.05) is 12.1 Å². The Bertz CT molecular complexity index is 882. The van der Waals surface area contributed by atoms with E-state index in [4.69, 9.17) is 0 Å². The van der Waals surface area contributed by atoms with Crippen LogP contribution in [0.15, 0.2) is 53.9 Å². The van der Waals surface area contributed by atoms with Gasteiger partial charge in [-0.25, -0.2) is 4.68 Å². The molecule has 1 N–H and O–H groups in total. The van der Waals surface area contributed by atoms with Gasteiger partial charge in [-0.1, -0.05) is 23.9 Å². The lowest BCUT2D eigenvalue weighted by Crippen LogP contribution is -2.14. The number of thioether (sulfide) groups is 1. The Morgan fingerprint density at radius 1 is 1.17 bits per heavy atom. The van der Waals surface area contributed by atoms with Gasteiger partial charge in [-0.15, -0.1) is 10.2 Å². The number of para-hydroxylation sites is 1. The molecule has 1 unspecified atom stereocenters. The summed E-state index contributed by atoms with van der Waals surface area (Å²) in [4.78, 5) is 14.8. The number of pyridine rings is 1. The molecule has 0 aliphatic carbocycles. The summed E-state index contributed by atoms with van der Waals surface area (Å²) in [5.41, 5.74) is 4.78. The number of hydrogen-bond acceptors (Lipinski definition) is 7. The highest BCUT2D eigenvalue weighted by atomic mass is 32.2. The van der Waals surface area contributed by atoms with Crippen molar-refractivity contribution in [2.75, 3.05) is 5.43 Å². The highest BCUT2D eigenvalue weighted by Crippen LogP contribution is 2.42. The Morgan fingerprint density at radius 3 is 2.74 bits per heavy atom. The standard InChI is InChI=1S/C14H10N6O2S/c21-20(22)11-4-2-1-3-10(11)13-18-19-12(16-17-14(19)23-13)9-5-7-15-8-6-9/h1-8,13,18H. The van der Waals surface area contributed by atoms with E-state index >= 15 is 0 Å². The van der Waals surface area contributed by atoms with Crippen LogP contribution in [0.2, 0.25) is 0 Å². The maximum absolute atomic E-state index is 11.2. The zero-order valence-corrected chi connectivity index (χ0v) is 12.5. The first-order valence-electron chi connectivity index (χ1n) is 6.76. The lowest BCUT2D eigenvalue weighted by molar-refractivity contribution is -0.385. The van der Waals surface area contributed by atoms with Gasteiger partial charge in [-0.05, 0) is 18.2 Å². The highest BCUT2D eigenvalue weighted by Gasteiger charge is 2.32. The average molecular weight is 326 g/mol. The molecule has 0 saturated carbocycles. The third kappa shape index (κ3) is 2.30. The number of nitro groups is 1. The maximum atomic E-state index is 11.2. The number of fused-ring (bicyclic) bond motifs is 1. The zero-order chi connectivity index (χ0) is 15.8. The van der Waals surface area contributed by atoms with Gasteiger partial charge in [0, 0.05) is 24.0 Å². The number of hydrogen-bond donors (Lipinski definition) is 1. The van der Waals surface area contributed by atoms with Gasteiger partial charge >= 0.3 is 0 Å². The van der Waals surface area contributed by atoms with Crippen molar-refractivity contribution in [3.05, 3.63) is 64.5 Å². The number of rotatable bonds is 3. The maximum Gasteiger partial charge on any atom is 0.275 e. The van der Waals surface area contributed by atoms with Gasteiger partial charge in [-0.2, -0.15) is 0 Å². The number of nitrogens with one attached hydrogen (secondary N) is 1. The minimum atomic E-state index is -0.374. The molecule has 0 spiro atoms. The molecule has 2 aromatic heterocycles. The predicted octanol–water partition coefficient (Wildman–Crippen LogP) is 2.60. The lowest BCUT2D eigenvalue weighted by atomic mass is 10.2. The predicted molar refractivity (Wildman–Crippen MR) is 84.3 cm³/mol. The second-order valence-electron chi connectivity index (χ2n) is 4.82. The molecular formula is C14H10N6O2S. The molecule has 0 fully saturated rings. The quantitative estimate of drug-likeness (QED) is 0.583. The van der Waals surface area contributed by atoms with Crippen molar-refractivity contribution in [3.8, 4) is 11.4 Å². The first-order chi connectivity index (χ1) is 11.2. The van der Waals surface area contributed by atoms with E-state index in [9.17, 15) is 10.1 Å². The van der Waals surface area contributed by atoms with E-state index in [-0.39, 0.29) is 16.0 Å². The van der Waals surface area contributed by atoms with Crippen LogP contribution in [0, 0.1) is 10.1 Å². The van der Waals surface area contributed by atoms with Crippen LogP contribution in [0.4, 0.5) is 5.69 Å². The van der Waals surface area contributed by atoms with Crippen molar-refractivity contribution in [1.29, 1.82) is 0 Å². The normalized spacial score (nSPS) is 15.9. The fourth-order valence-electron chi connectivity index (χ4n) is 2.41. The van der Waals surface area contributed by atoms with Crippen molar-refractivity contribution in [2.24, 2.45) is 0 Å². The fraction of sp³-hybridized carbons (Fsp3) is 0.0714. The smallest absolute Gasteiger partial charge is 0.275 e. The first kappa shape index (κ1) is 13.7. The fourth-order valence-corrected chi connectivity index (χ4v) is 3.44. The molecule has 0 radical (unpaired) electrons. The van der Waals surface area contributed by atoms with Crippen LogP contribution in [0.3, 0.4) is 0 Å². The Kier molecular flexibility index (Phi) is 3.19. The Balaban J connectivity index is 1.70. The van der Waals surface area contributed by atoms with E-state index in [0.29, 0.717) is 16.5 Å². The molecular weight excluding hydrogens is 316 g/mol.